The Balaban J connectivity index is 0.00000289. The molecular weight excluding hydrogens is 247 g/mol. The van der Waals surface area contributed by atoms with E-state index < -0.39 is 11.9 Å². The average Bonchev–Trinajstić information content (AvgIpc) is 2.27. The van der Waals surface area contributed by atoms with E-state index in [1.165, 1.54) is 7.11 Å². The molecule has 1 rings (SSSR count). The number of methoxy groups -OCH3 is 1. The van der Waals surface area contributed by atoms with Gasteiger partial charge in [0.25, 0.3) is 5.91 Å². The van der Waals surface area contributed by atoms with Crippen LogP contribution in [0.4, 0.5) is 0 Å². The largest absolute Gasteiger partial charge is 1.00 e. The van der Waals surface area contributed by atoms with Crippen molar-refractivity contribution in [3.63, 3.8) is 0 Å². The quantitative estimate of drug-likeness (QED) is 0.570. The molecule has 0 bridgehead atoms. The number of hydrogen-bond donors (Lipinski definition) is 1. The van der Waals surface area contributed by atoms with Crippen LogP contribution in [0.5, 0.6) is 5.88 Å². The minimum atomic E-state index is -1.44. The number of ether oxygens (including phenoxy) is 1. The topological polar surface area (TPSA) is 91.4 Å². The second kappa shape index (κ2) is 7.35. The number of nitrogens with zero attached hydrogens (tertiary/aromatic N) is 1. The monoisotopic (exact) mass is 260 g/mol. The molecule has 0 saturated heterocycles. The fourth-order valence-electron chi connectivity index (χ4n) is 1.24. The van der Waals surface area contributed by atoms with Crippen LogP contribution in [-0.4, -0.2) is 30.0 Å². The number of carbonyl (C=O) groups is 2. The third kappa shape index (κ3) is 4.29. The zero-order valence-electron chi connectivity index (χ0n) is 10.8. The van der Waals surface area contributed by atoms with Gasteiger partial charge < -0.3 is 20.0 Å². The number of carbonyl (C=O) groups excluding carboxylic acids is 2. The normalized spacial score (nSPS) is 9.56. The van der Waals surface area contributed by atoms with E-state index in [2.05, 4.69) is 10.3 Å². The maximum Gasteiger partial charge on any atom is 1.00 e. The summed E-state index contributed by atoms with van der Waals surface area (Å²) < 4.78 is 4.79. The summed E-state index contributed by atoms with van der Waals surface area (Å²) in [6.45, 7) is 3.54. The number of carboxylic acid groups (broad SMARTS) is 1. The summed E-state index contributed by atoms with van der Waals surface area (Å²) in [6.07, 6.45) is 1.15. The minimum Gasteiger partial charge on any atom is -0.545 e. The van der Waals surface area contributed by atoms with Gasteiger partial charge in [0.1, 0.15) is 0 Å². The van der Waals surface area contributed by atoms with E-state index in [4.69, 9.17) is 4.74 Å². The van der Waals surface area contributed by atoms with E-state index in [0.717, 1.165) is 12.3 Å². The number of carboxylic acids is 1. The van der Waals surface area contributed by atoms with Gasteiger partial charge in [-0.1, -0.05) is 0 Å². The van der Waals surface area contributed by atoms with Crippen molar-refractivity contribution in [1.29, 1.82) is 0 Å². The van der Waals surface area contributed by atoms with Gasteiger partial charge in [-0.05, 0) is 13.8 Å². The molecule has 0 saturated carbocycles. The Labute approximate surface area is 127 Å². The van der Waals surface area contributed by atoms with Crippen molar-refractivity contribution in [2.24, 2.45) is 0 Å². The van der Waals surface area contributed by atoms with E-state index in [1.54, 1.807) is 13.8 Å². The Morgan fingerprint density at radius 1 is 1.39 bits per heavy atom. The minimum absolute atomic E-state index is 0. The van der Waals surface area contributed by atoms with Crippen molar-refractivity contribution in [1.82, 2.24) is 10.3 Å². The van der Waals surface area contributed by atoms with Crippen LogP contribution in [0.3, 0.4) is 0 Å². The molecule has 0 aromatic carbocycles. The van der Waals surface area contributed by atoms with Gasteiger partial charge in [0.15, 0.2) is 0 Å². The molecule has 1 aromatic heterocycles. The van der Waals surface area contributed by atoms with Crippen LogP contribution in [0.2, 0.25) is 0 Å². The number of hydrogen-bond acceptors (Lipinski definition) is 5. The third-order valence-corrected chi connectivity index (χ3v) is 1.97. The predicted octanol–water partition coefficient (Wildman–Crippen LogP) is -3.40. The van der Waals surface area contributed by atoms with Gasteiger partial charge in [-0.3, -0.25) is 4.79 Å². The number of aromatic nitrogens is 1. The first kappa shape index (κ1) is 16.9. The van der Waals surface area contributed by atoms with E-state index in [9.17, 15) is 14.7 Å². The molecule has 1 heterocycles. The Kier molecular flexibility index (Phi) is 6.90. The molecule has 1 N–H and O–H groups in total. The number of aromatic carboxylic acids is 1. The molecular formula is C11H13N2NaO4. The third-order valence-electron chi connectivity index (χ3n) is 1.97. The second-order valence-corrected chi connectivity index (χ2v) is 3.69. The molecule has 0 aliphatic rings. The first-order valence-electron chi connectivity index (χ1n) is 5.02. The van der Waals surface area contributed by atoms with Crippen LogP contribution in [-0.2, 0) is 0 Å². The van der Waals surface area contributed by atoms with Crippen molar-refractivity contribution >= 4 is 11.9 Å². The van der Waals surface area contributed by atoms with Crippen molar-refractivity contribution < 1.29 is 49.0 Å². The van der Waals surface area contributed by atoms with E-state index in [1.807, 2.05) is 0 Å². The van der Waals surface area contributed by atoms with Crippen molar-refractivity contribution in [2.75, 3.05) is 7.11 Å². The molecule has 7 heteroatoms. The standard InChI is InChI=1S/C11H14N2O4.Na/c1-6(2)13-10(14)8-5-12-9(17-3)4-7(8)11(15)16;/h4-6H,1-3H3,(H,13,14)(H,15,16);/q;+1/p-1. The van der Waals surface area contributed by atoms with Gasteiger partial charge in [0.05, 0.1) is 18.6 Å². The molecule has 0 aliphatic heterocycles. The molecule has 1 amide bonds. The molecule has 0 atom stereocenters. The maximum absolute atomic E-state index is 11.7. The summed E-state index contributed by atoms with van der Waals surface area (Å²) in [7, 11) is 1.36. The van der Waals surface area contributed by atoms with Gasteiger partial charge in [-0.15, -0.1) is 0 Å². The first-order chi connectivity index (χ1) is 7.95. The number of rotatable bonds is 4. The molecule has 6 nitrogen and oxygen atoms in total. The SMILES string of the molecule is COc1cc(C(=O)[O-])c(C(=O)NC(C)C)cn1.[Na+]. The van der Waals surface area contributed by atoms with Crippen molar-refractivity contribution in [3.8, 4) is 5.88 Å². The van der Waals surface area contributed by atoms with E-state index in [0.29, 0.717) is 0 Å². The average molecular weight is 260 g/mol. The molecule has 92 valence electrons. The Hall–Kier alpha value is -1.11. The number of nitrogens with one attached hydrogen (secondary N) is 1. The van der Waals surface area contributed by atoms with Crippen LogP contribution in [0.15, 0.2) is 12.3 Å². The fraction of sp³-hybridized carbons (Fsp3) is 0.364. The maximum atomic E-state index is 11.7. The number of pyridine rings is 1. The van der Waals surface area contributed by atoms with E-state index >= 15 is 0 Å². The summed E-state index contributed by atoms with van der Waals surface area (Å²) in [5.74, 6) is -1.83. The van der Waals surface area contributed by atoms with Gasteiger partial charge in [-0.2, -0.15) is 0 Å². The molecule has 1 aromatic rings. The van der Waals surface area contributed by atoms with Gasteiger partial charge in [0, 0.05) is 23.9 Å². The second-order valence-electron chi connectivity index (χ2n) is 3.69. The summed E-state index contributed by atoms with van der Waals surface area (Å²) in [5, 5.41) is 13.5. The summed E-state index contributed by atoms with van der Waals surface area (Å²) in [6, 6.07) is 1.06. The Morgan fingerprint density at radius 2 is 2.00 bits per heavy atom. The van der Waals surface area contributed by atoms with Crippen LogP contribution in [0.25, 0.3) is 0 Å². The van der Waals surface area contributed by atoms with E-state index in [-0.39, 0.29) is 52.6 Å². The van der Waals surface area contributed by atoms with Gasteiger partial charge >= 0.3 is 29.6 Å². The van der Waals surface area contributed by atoms with Crippen molar-refractivity contribution in [3.05, 3.63) is 23.4 Å². The van der Waals surface area contributed by atoms with Gasteiger partial charge in [-0.25, -0.2) is 4.98 Å². The molecule has 0 spiro atoms. The Bertz CT molecular complexity index is 449. The van der Waals surface area contributed by atoms with Crippen LogP contribution in [0.1, 0.15) is 34.6 Å². The summed E-state index contributed by atoms with van der Waals surface area (Å²) in [5.41, 5.74) is -0.283. The molecule has 18 heavy (non-hydrogen) atoms. The van der Waals surface area contributed by atoms with Gasteiger partial charge in [0.2, 0.25) is 5.88 Å². The fourth-order valence-corrected chi connectivity index (χ4v) is 1.24. The molecule has 0 radical (unpaired) electrons. The first-order valence-corrected chi connectivity index (χ1v) is 5.02. The zero-order valence-corrected chi connectivity index (χ0v) is 12.8. The van der Waals surface area contributed by atoms with Crippen LogP contribution in [0, 0.1) is 0 Å². The number of amides is 1. The smallest absolute Gasteiger partial charge is 0.545 e. The van der Waals surface area contributed by atoms with Crippen LogP contribution < -0.4 is 44.7 Å². The molecule has 0 fully saturated rings. The predicted molar refractivity (Wildman–Crippen MR) is 57.7 cm³/mol. The zero-order chi connectivity index (χ0) is 13.0. The summed E-state index contributed by atoms with van der Waals surface area (Å²) >= 11 is 0. The Morgan fingerprint density at radius 3 is 2.44 bits per heavy atom. The van der Waals surface area contributed by atoms with Crippen LogP contribution >= 0.6 is 0 Å². The summed E-state index contributed by atoms with van der Waals surface area (Å²) in [4.78, 5) is 26.4. The molecule has 0 unspecified atom stereocenters. The molecule has 0 aliphatic carbocycles. The van der Waals surface area contributed by atoms with Crippen molar-refractivity contribution in [2.45, 2.75) is 19.9 Å².